The number of nitrogens with one attached hydrogen (secondary N) is 3. The standard InChI is InChI=1S/C31H58N4O9/c1-3-5-6-7-8-9-10-11-12-13-14-15-16-17-18-19-32-31(44)25(20-26(36)37)34-30(24(4-2)33-21-27(38)39)35(22-28(40)41)23-29(42)43/h24-25,30,33-34H,3-23H2,1-2H3,(H,32,44)(H,36,37)(H,38,39)(H,40,41)(H,42,43). The first-order valence-electron chi connectivity index (χ1n) is 16.4. The van der Waals surface area contributed by atoms with Gasteiger partial charge in [0.1, 0.15) is 0 Å². The van der Waals surface area contributed by atoms with Gasteiger partial charge in [-0.15, -0.1) is 0 Å². The molecule has 0 aliphatic rings. The number of hydrogen-bond acceptors (Lipinski definition) is 8. The maximum atomic E-state index is 13.0. The van der Waals surface area contributed by atoms with E-state index in [1.807, 2.05) is 0 Å². The molecule has 0 saturated heterocycles. The first-order chi connectivity index (χ1) is 21.0. The van der Waals surface area contributed by atoms with Crippen LogP contribution in [0.4, 0.5) is 0 Å². The van der Waals surface area contributed by atoms with E-state index >= 15 is 0 Å². The minimum absolute atomic E-state index is 0.237. The van der Waals surface area contributed by atoms with Crippen LogP contribution in [0.3, 0.4) is 0 Å². The number of hydrogen-bond donors (Lipinski definition) is 7. The van der Waals surface area contributed by atoms with Gasteiger partial charge in [-0.3, -0.25) is 34.2 Å². The van der Waals surface area contributed by atoms with Gasteiger partial charge in [-0.2, -0.15) is 0 Å². The molecule has 0 bridgehead atoms. The van der Waals surface area contributed by atoms with E-state index in [2.05, 4.69) is 22.9 Å². The number of carboxylic acid groups (broad SMARTS) is 4. The average molecular weight is 631 g/mol. The first kappa shape index (κ1) is 41.2. The molecule has 0 saturated carbocycles. The summed E-state index contributed by atoms with van der Waals surface area (Å²) in [5.74, 6) is -5.75. The molecule has 0 aromatic rings. The minimum Gasteiger partial charge on any atom is -0.481 e. The highest BCUT2D eigenvalue weighted by atomic mass is 16.4. The Morgan fingerprint density at radius 1 is 0.614 bits per heavy atom. The van der Waals surface area contributed by atoms with Crippen LogP contribution in [-0.2, 0) is 24.0 Å². The Balaban J connectivity index is 4.81. The summed E-state index contributed by atoms with van der Waals surface area (Å²) in [7, 11) is 0. The molecule has 13 nitrogen and oxygen atoms in total. The molecule has 0 aromatic carbocycles. The van der Waals surface area contributed by atoms with Crippen molar-refractivity contribution >= 4 is 29.8 Å². The second-order valence-electron chi connectivity index (χ2n) is 11.5. The predicted molar refractivity (Wildman–Crippen MR) is 167 cm³/mol. The van der Waals surface area contributed by atoms with Crippen molar-refractivity contribution in [3.8, 4) is 0 Å². The molecular weight excluding hydrogens is 572 g/mol. The highest BCUT2D eigenvalue weighted by Crippen LogP contribution is 2.14. The molecule has 0 aliphatic carbocycles. The molecule has 44 heavy (non-hydrogen) atoms. The van der Waals surface area contributed by atoms with Gasteiger partial charge >= 0.3 is 23.9 Å². The molecular formula is C31H58N4O9. The van der Waals surface area contributed by atoms with Gasteiger partial charge in [-0.1, -0.05) is 104 Å². The van der Waals surface area contributed by atoms with Gasteiger partial charge in [-0.05, 0) is 12.8 Å². The summed E-state index contributed by atoms with van der Waals surface area (Å²) in [6.45, 7) is 2.29. The van der Waals surface area contributed by atoms with E-state index in [9.17, 15) is 39.3 Å². The van der Waals surface area contributed by atoms with Gasteiger partial charge in [0.05, 0.1) is 38.3 Å². The Hall–Kier alpha value is -2.77. The second kappa shape index (κ2) is 26.6. The number of amides is 1. The molecule has 0 spiro atoms. The Bertz CT molecular complexity index is 812. The first-order valence-corrected chi connectivity index (χ1v) is 16.4. The van der Waals surface area contributed by atoms with E-state index in [4.69, 9.17) is 5.11 Å². The van der Waals surface area contributed by atoms with Crippen molar-refractivity contribution < 1.29 is 44.4 Å². The second-order valence-corrected chi connectivity index (χ2v) is 11.5. The molecule has 0 fully saturated rings. The van der Waals surface area contributed by atoms with Crippen molar-refractivity contribution in [3.05, 3.63) is 0 Å². The third kappa shape index (κ3) is 22.7. The number of carbonyl (C=O) groups excluding carboxylic acids is 1. The fraction of sp³-hybridized carbons (Fsp3) is 0.839. The Labute approximate surface area is 262 Å². The lowest BCUT2D eigenvalue weighted by atomic mass is 10.0. The summed E-state index contributed by atoms with van der Waals surface area (Å²) in [4.78, 5) is 59.8. The SMILES string of the molecule is CCCCCCCCCCCCCCCCCNC(=O)C(CC(=O)O)NC(C(CC)NCC(=O)O)N(CC(=O)O)CC(=O)O. The molecule has 0 rings (SSSR count). The summed E-state index contributed by atoms with van der Waals surface area (Å²) < 4.78 is 0. The van der Waals surface area contributed by atoms with Crippen molar-refractivity contribution in [3.63, 3.8) is 0 Å². The largest absolute Gasteiger partial charge is 0.481 e. The summed E-state index contributed by atoms with van der Waals surface area (Å²) in [5, 5.41) is 45.6. The molecule has 0 aliphatic heterocycles. The molecule has 1 amide bonds. The van der Waals surface area contributed by atoms with Crippen LogP contribution in [0.5, 0.6) is 0 Å². The molecule has 0 radical (unpaired) electrons. The van der Waals surface area contributed by atoms with Crippen LogP contribution in [0, 0.1) is 0 Å². The van der Waals surface area contributed by atoms with Crippen molar-refractivity contribution in [1.82, 2.24) is 20.9 Å². The topological polar surface area (TPSA) is 206 Å². The Morgan fingerprint density at radius 3 is 1.45 bits per heavy atom. The van der Waals surface area contributed by atoms with Gasteiger partial charge in [0, 0.05) is 12.6 Å². The average Bonchev–Trinajstić information content (AvgIpc) is 2.94. The van der Waals surface area contributed by atoms with Gasteiger partial charge in [0.15, 0.2) is 0 Å². The minimum atomic E-state index is -1.33. The molecule has 0 aromatic heterocycles. The van der Waals surface area contributed by atoms with Crippen molar-refractivity contribution in [2.24, 2.45) is 0 Å². The lowest BCUT2D eigenvalue weighted by Gasteiger charge is -2.38. The zero-order valence-electron chi connectivity index (χ0n) is 26.9. The highest BCUT2D eigenvalue weighted by molar-refractivity contribution is 5.86. The van der Waals surface area contributed by atoms with Crippen LogP contribution >= 0.6 is 0 Å². The summed E-state index contributed by atoms with van der Waals surface area (Å²) >= 11 is 0. The maximum absolute atomic E-state index is 13.0. The lowest BCUT2D eigenvalue weighted by Crippen LogP contribution is -2.64. The number of rotatable bonds is 31. The van der Waals surface area contributed by atoms with E-state index in [0.29, 0.717) is 6.54 Å². The fourth-order valence-corrected chi connectivity index (χ4v) is 5.21. The normalized spacial score (nSPS) is 13.3. The molecule has 3 atom stereocenters. The van der Waals surface area contributed by atoms with E-state index in [1.54, 1.807) is 6.92 Å². The highest BCUT2D eigenvalue weighted by Gasteiger charge is 2.34. The molecule has 3 unspecified atom stereocenters. The maximum Gasteiger partial charge on any atom is 0.317 e. The molecule has 0 heterocycles. The Morgan fingerprint density at radius 2 is 1.07 bits per heavy atom. The third-order valence-electron chi connectivity index (χ3n) is 7.55. The fourth-order valence-electron chi connectivity index (χ4n) is 5.21. The van der Waals surface area contributed by atoms with Crippen LogP contribution in [0.1, 0.15) is 123 Å². The number of aliphatic carboxylic acids is 4. The number of nitrogens with zero attached hydrogens (tertiary/aromatic N) is 1. The smallest absolute Gasteiger partial charge is 0.317 e. The van der Waals surface area contributed by atoms with Crippen molar-refractivity contribution in [1.29, 1.82) is 0 Å². The predicted octanol–water partition coefficient (Wildman–Crippen LogP) is 3.66. The van der Waals surface area contributed by atoms with E-state index in [-0.39, 0.29) is 6.42 Å². The number of carboxylic acids is 4. The van der Waals surface area contributed by atoms with Gasteiger partial charge in [-0.25, -0.2) is 0 Å². The zero-order chi connectivity index (χ0) is 33.2. The summed E-state index contributed by atoms with van der Waals surface area (Å²) in [6, 6.07) is -2.11. The number of carbonyl (C=O) groups is 5. The van der Waals surface area contributed by atoms with Gasteiger partial charge in [0.25, 0.3) is 0 Å². The summed E-state index contributed by atoms with van der Waals surface area (Å²) in [6.07, 6.45) is 16.6. The van der Waals surface area contributed by atoms with Crippen LogP contribution < -0.4 is 16.0 Å². The monoisotopic (exact) mass is 630 g/mol. The quantitative estimate of drug-likeness (QED) is 0.0433. The number of unbranched alkanes of at least 4 members (excludes halogenated alkanes) is 14. The lowest BCUT2D eigenvalue weighted by molar-refractivity contribution is -0.145. The zero-order valence-corrected chi connectivity index (χ0v) is 26.9. The van der Waals surface area contributed by atoms with Gasteiger partial charge < -0.3 is 31.1 Å². The summed E-state index contributed by atoms with van der Waals surface area (Å²) in [5.41, 5.74) is 0. The van der Waals surface area contributed by atoms with Crippen LogP contribution in [-0.4, -0.2) is 99.5 Å². The van der Waals surface area contributed by atoms with Crippen LogP contribution in [0.25, 0.3) is 0 Å². The van der Waals surface area contributed by atoms with Gasteiger partial charge in [0.2, 0.25) is 5.91 Å². The van der Waals surface area contributed by atoms with Crippen molar-refractivity contribution in [2.45, 2.75) is 141 Å². The van der Waals surface area contributed by atoms with Crippen LogP contribution in [0.15, 0.2) is 0 Å². The van der Waals surface area contributed by atoms with Crippen molar-refractivity contribution in [2.75, 3.05) is 26.2 Å². The molecule has 13 heteroatoms. The molecule has 7 N–H and O–H groups in total. The molecule has 256 valence electrons. The van der Waals surface area contributed by atoms with E-state index < -0.39 is 74.1 Å². The van der Waals surface area contributed by atoms with E-state index in [0.717, 1.165) is 30.6 Å². The Kier molecular flexibility index (Phi) is 24.9. The van der Waals surface area contributed by atoms with E-state index in [1.165, 1.54) is 70.6 Å². The van der Waals surface area contributed by atoms with Crippen LogP contribution in [0.2, 0.25) is 0 Å². The third-order valence-corrected chi connectivity index (χ3v) is 7.55.